The van der Waals surface area contributed by atoms with E-state index in [1.165, 1.54) is 12.5 Å². The molecule has 4 atom stereocenters. The van der Waals surface area contributed by atoms with E-state index in [4.69, 9.17) is 28.7 Å². The summed E-state index contributed by atoms with van der Waals surface area (Å²) < 4.78 is 0. The van der Waals surface area contributed by atoms with Crippen LogP contribution >= 0.6 is 0 Å². The highest BCUT2D eigenvalue weighted by atomic mass is 16.4. The fraction of sp³-hybridized carbons (Fsp3) is 0.625. The van der Waals surface area contributed by atoms with Crippen molar-refractivity contribution in [1.29, 1.82) is 0 Å². The van der Waals surface area contributed by atoms with Gasteiger partial charge in [0.2, 0.25) is 17.7 Å². The molecule has 1 heterocycles. The predicted octanol–water partition coefficient (Wildman–Crippen LogP) is -3.03. The lowest BCUT2D eigenvalue weighted by atomic mass is 10.0. The Morgan fingerprint density at radius 3 is 1.88 bits per heavy atom. The number of imidazole rings is 1. The lowest BCUT2D eigenvalue weighted by Gasteiger charge is -2.26. The number of nitrogens with two attached hydrogens (primary N) is 5. The molecular formula is C24H44N12O5. The van der Waals surface area contributed by atoms with E-state index in [-0.39, 0.29) is 56.6 Å². The van der Waals surface area contributed by atoms with Crippen molar-refractivity contribution in [3.8, 4) is 0 Å². The second-order valence-electron chi connectivity index (χ2n) is 9.94. The zero-order chi connectivity index (χ0) is 30.9. The summed E-state index contributed by atoms with van der Waals surface area (Å²) in [4.78, 5) is 65.5. The van der Waals surface area contributed by atoms with Gasteiger partial charge < -0.3 is 54.7 Å². The normalized spacial score (nSPS) is 13.8. The Balaban J connectivity index is 2.99. The van der Waals surface area contributed by atoms with Crippen LogP contribution in [0.25, 0.3) is 0 Å². The molecule has 17 nitrogen and oxygen atoms in total. The Morgan fingerprint density at radius 2 is 1.39 bits per heavy atom. The standard InChI is InChI=1S/C24H44N12O5/c1-13(2)9-18(21(39)35-17(22(40)41)6-4-8-32-24(28)29)36-20(38)16(5-3-7-31-23(26)27)34-19(37)15(25)10-14-11-30-12-33-14/h11-13,15-18H,3-10,25H2,1-2H3,(H,30,33)(H,34,37)(H,35,39)(H,36,38)(H,40,41)(H4,26,27,31)(H4,28,29,32). The van der Waals surface area contributed by atoms with Crippen molar-refractivity contribution >= 4 is 35.6 Å². The van der Waals surface area contributed by atoms with E-state index in [0.717, 1.165) is 0 Å². The number of rotatable bonds is 19. The molecule has 0 spiro atoms. The number of hydrogen-bond acceptors (Lipinski definition) is 8. The molecule has 15 N–H and O–H groups in total. The van der Waals surface area contributed by atoms with Gasteiger partial charge in [0.05, 0.1) is 12.4 Å². The summed E-state index contributed by atoms with van der Waals surface area (Å²) in [5, 5.41) is 17.4. The van der Waals surface area contributed by atoms with E-state index in [1.54, 1.807) is 0 Å². The third-order valence-corrected chi connectivity index (χ3v) is 5.81. The summed E-state index contributed by atoms with van der Waals surface area (Å²) in [5.74, 6) is -3.42. The number of amides is 3. The summed E-state index contributed by atoms with van der Waals surface area (Å²) >= 11 is 0. The van der Waals surface area contributed by atoms with Crippen LogP contribution < -0.4 is 44.6 Å². The average molecular weight is 581 g/mol. The molecule has 230 valence electrons. The number of carboxylic acid groups (broad SMARTS) is 1. The summed E-state index contributed by atoms with van der Waals surface area (Å²) in [6.07, 6.45) is 4.22. The number of carboxylic acids is 1. The first-order valence-corrected chi connectivity index (χ1v) is 13.3. The highest BCUT2D eigenvalue weighted by Crippen LogP contribution is 2.09. The van der Waals surface area contributed by atoms with Crippen LogP contribution in [0.5, 0.6) is 0 Å². The Bertz CT molecular complexity index is 1040. The van der Waals surface area contributed by atoms with Crippen molar-refractivity contribution in [1.82, 2.24) is 25.9 Å². The van der Waals surface area contributed by atoms with Gasteiger partial charge in [0, 0.05) is 31.4 Å². The van der Waals surface area contributed by atoms with Gasteiger partial charge in [0.15, 0.2) is 11.9 Å². The van der Waals surface area contributed by atoms with E-state index in [9.17, 15) is 24.3 Å². The SMILES string of the molecule is CC(C)CC(NC(=O)C(CCCN=C(N)N)NC(=O)C(N)Cc1cnc[nH]1)C(=O)NC(CCCN=C(N)N)C(=O)O. The van der Waals surface area contributed by atoms with Crippen LogP contribution in [0.3, 0.4) is 0 Å². The van der Waals surface area contributed by atoms with Gasteiger partial charge in [-0.1, -0.05) is 13.8 Å². The third-order valence-electron chi connectivity index (χ3n) is 5.81. The van der Waals surface area contributed by atoms with Crippen LogP contribution in [0.2, 0.25) is 0 Å². The van der Waals surface area contributed by atoms with E-state index in [2.05, 4.69) is 35.9 Å². The first-order valence-electron chi connectivity index (χ1n) is 13.3. The number of carbonyl (C=O) groups is 4. The number of H-pyrrole nitrogens is 1. The highest BCUT2D eigenvalue weighted by Gasteiger charge is 2.30. The van der Waals surface area contributed by atoms with Crippen molar-refractivity contribution in [2.45, 2.75) is 76.5 Å². The minimum Gasteiger partial charge on any atom is -0.480 e. The van der Waals surface area contributed by atoms with Crippen molar-refractivity contribution in [3.05, 3.63) is 18.2 Å². The Kier molecular flexibility index (Phi) is 15.2. The molecule has 0 fully saturated rings. The van der Waals surface area contributed by atoms with Gasteiger partial charge in [-0.25, -0.2) is 9.78 Å². The number of carbonyl (C=O) groups excluding carboxylic acids is 3. The van der Waals surface area contributed by atoms with E-state index < -0.39 is 47.9 Å². The first kappa shape index (κ1) is 34.6. The molecule has 17 heteroatoms. The molecule has 0 bridgehead atoms. The van der Waals surface area contributed by atoms with Crippen molar-refractivity contribution in [2.75, 3.05) is 13.1 Å². The van der Waals surface area contributed by atoms with Crippen LogP contribution in [-0.4, -0.2) is 87.9 Å². The second-order valence-corrected chi connectivity index (χ2v) is 9.94. The third kappa shape index (κ3) is 14.5. The lowest BCUT2D eigenvalue weighted by molar-refractivity contribution is -0.142. The minimum absolute atomic E-state index is 0.0334. The summed E-state index contributed by atoms with van der Waals surface area (Å²) in [6, 6.07) is -4.34. The van der Waals surface area contributed by atoms with E-state index in [0.29, 0.717) is 18.5 Å². The summed E-state index contributed by atoms with van der Waals surface area (Å²) in [5.41, 5.74) is 28.0. The number of aliphatic carboxylic acids is 1. The molecule has 4 unspecified atom stereocenters. The number of hydrogen-bond donors (Lipinski definition) is 10. The molecule has 1 aromatic heterocycles. The monoisotopic (exact) mass is 580 g/mol. The van der Waals surface area contributed by atoms with Gasteiger partial charge in [0.25, 0.3) is 0 Å². The van der Waals surface area contributed by atoms with Crippen molar-refractivity contribution < 1.29 is 24.3 Å². The number of aliphatic imine (C=N–C) groups is 2. The number of aromatic amines is 1. The van der Waals surface area contributed by atoms with Crippen LogP contribution in [0.4, 0.5) is 0 Å². The fourth-order valence-corrected chi connectivity index (χ4v) is 3.79. The topological polar surface area (TPSA) is 308 Å². The number of nitrogens with one attached hydrogen (secondary N) is 4. The maximum atomic E-state index is 13.3. The molecule has 0 saturated carbocycles. The molecule has 0 aliphatic heterocycles. The lowest BCUT2D eigenvalue weighted by Crippen LogP contribution is -2.57. The van der Waals surface area contributed by atoms with Gasteiger partial charge in [0.1, 0.15) is 18.1 Å². The Hall–Kier alpha value is -4.41. The maximum Gasteiger partial charge on any atom is 0.326 e. The van der Waals surface area contributed by atoms with Gasteiger partial charge in [-0.3, -0.25) is 24.4 Å². The predicted molar refractivity (Wildman–Crippen MR) is 153 cm³/mol. The molecule has 1 rings (SSSR count). The van der Waals surface area contributed by atoms with Crippen molar-refractivity contribution in [2.24, 2.45) is 44.6 Å². The Morgan fingerprint density at radius 1 is 0.878 bits per heavy atom. The van der Waals surface area contributed by atoms with Gasteiger partial charge in [-0.05, 0) is 38.0 Å². The maximum absolute atomic E-state index is 13.3. The fourth-order valence-electron chi connectivity index (χ4n) is 3.79. The molecule has 3 amide bonds. The zero-order valence-corrected chi connectivity index (χ0v) is 23.5. The number of nitrogens with zero attached hydrogens (tertiary/aromatic N) is 3. The van der Waals surface area contributed by atoms with Gasteiger partial charge in [-0.15, -0.1) is 0 Å². The smallest absolute Gasteiger partial charge is 0.326 e. The zero-order valence-electron chi connectivity index (χ0n) is 23.5. The molecule has 0 radical (unpaired) electrons. The van der Waals surface area contributed by atoms with Crippen molar-refractivity contribution in [3.63, 3.8) is 0 Å². The summed E-state index contributed by atoms with van der Waals surface area (Å²) in [7, 11) is 0. The number of aromatic nitrogens is 2. The molecular weight excluding hydrogens is 536 g/mol. The van der Waals surface area contributed by atoms with Gasteiger partial charge in [-0.2, -0.15) is 0 Å². The molecule has 0 aliphatic rings. The molecule has 1 aromatic rings. The minimum atomic E-state index is -1.24. The molecule has 0 aliphatic carbocycles. The van der Waals surface area contributed by atoms with Crippen LogP contribution in [-0.2, 0) is 25.6 Å². The Labute approximate surface area is 238 Å². The first-order chi connectivity index (χ1) is 19.3. The second kappa shape index (κ2) is 18.0. The average Bonchev–Trinajstić information content (AvgIpc) is 3.39. The number of guanidine groups is 2. The summed E-state index contributed by atoms with van der Waals surface area (Å²) in [6.45, 7) is 4.09. The van der Waals surface area contributed by atoms with Crippen LogP contribution in [0.15, 0.2) is 22.5 Å². The van der Waals surface area contributed by atoms with E-state index >= 15 is 0 Å². The molecule has 0 saturated heterocycles. The molecule has 0 aromatic carbocycles. The highest BCUT2D eigenvalue weighted by molar-refractivity contribution is 5.94. The van der Waals surface area contributed by atoms with Crippen LogP contribution in [0, 0.1) is 5.92 Å². The largest absolute Gasteiger partial charge is 0.480 e. The van der Waals surface area contributed by atoms with E-state index in [1.807, 2.05) is 13.8 Å². The van der Waals surface area contributed by atoms with Crippen LogP contribution in [0.1, 0.15) is 51.6 Å². The van der Waals surface area contributed by atoms with Gasteiger partial charge >= 0.3 is 5.97 Å². The quantitative estimate of drug-likeness (QED) is 0.0445. The molecule has 41 heavy (non-hydrogen) atoms.